The molecule has 3 heterocycles. The van der Waals surface area contributed by atoms with Gasteiger partial charge in [0.25, 0.3) is 0 Å². The number of halogens is 2. The van der Waals surface area contributed by atoms with Crippen molar-refractivity contribution in [3.8, 4) is 10.7 Å². The molecule has 152 valence electrons. The summed E-state index contributed by atoms with van der Waals surface area (Å²) in [5.74, 6) is 0.0728. The number of hydrogen-bond donors (Lipinski definition) is 1. The van der Waals surface area contributed by atoms with Crippen LogP contribution >= 0.6 is 33.9 Å². The van der Waals surface area contributed by atoms with Crippen LogP contribution in [0.4, 0.5) is 15.1 Å². The maximum Gasteiger partial charge on any atom is 0.341 e. The van der Waals surface area contributed by atoms with Crippen LogP contribution < -0.4 is 5.32 Å². The van der Waals surface area contributed by atoms with Gasteiger partial charge in [0, 0.05) is 22.5 Å². The minimum Gasteiger partial charge on any atom is -0.462 e. The zero-order valence-electron chi connectivity index (χ0n) is 16.4. The van der Waals surface area contributed by atoms with Crippen LogP contribution in [0.5, 0.6) is 0 Å². The second-order valence-electron chi connectivity index (χ2n) is 7.80. The molecule has 29 heavy (non-hydrogen) atoms. The second kappa shape index (κ2) is 7.71. The standard InChI is InChI=1S/C21H21FIN3O2S/c1-4-28-20(27)16-13-10-21(2,3)11-26-8-7-24-18(26)17(13)29-19(16)25-15-6-5-12(23)9-14(15)22/h5-9,25H,4,10-11H2,1-3H3. The first-order chi connectivity index (χ1) is 13.8. The molecule has 1 aliphatic rings. The van der Waals surface area contributed by atoms with Crippen molar-refractivity contribution in [2.24, 2.45) is 5.41 Å². The molecule has 0 bridgehead atoms. The highest BCUT2D eigenvalue weighted by molar-refractivity contribution is 14.1. The predicted octanol–water partition coefficient (Wildman–Crippen LogP) is 5.86. The molecule has 0 fully saturated rings. The van der Waals surface area contributed by atoms with Crippen molar-refractivity contribution < 1.29 is 13.9 Å². The van der Waals surface area contributed by atoms with Crippen LogP contribution in [-0.2, 0) is 17.7 Å². The van der Waals surface area contributed by atoms with E-state index < -0.39 is 5.97 Å². The van der Waals surface area contributed by atoms with Gasteiger partial charge in [-0.3, -0.25) is 0 Å². The largest absolute Gasteiger partial charge is 0.462 e. The molecule has 5 nitrogen and oxygen atoms in total. The lowest BCUT2D eigenvalue weighted by molar-refractivity contribution is 0.0526. The number of imidazole rings is 1. The van der Waals surface area contributed by atoms with Gasteiger partial charge in [0.15, 0.2) is 0 Å². The highest BCUT2D eigenvalue weighted by Gasteiger charge is 2.34. The molecule has 3 aromatic rings. The summed E-state index contributed by atoms with van der Waals surface area (Å²) >= 11 is 3.49. The normalized spacial score (nSPS) is 14.7. The fraction of sp³-hybridized carbons (Fsp3) is 0.333. The monoisotopic (exact) mass is 525 g/mol. The van der Waals surface area contributed by atoms with E-state index in [0.29, 0.717) is 22.7 Å². The lowest BCUT2D eigenvalue weighted by atomic mass is 9.85. The van der Waals surface area contributed by atoms with Crippen molar-refractivity contribution in [2.45, 2.75) is 33.7 Å². The second-order valence-corrected chi connectivity index (χ2v) is 10.1. The number of benzene rings is 1. The van der Waals surface area contributed by atoms with Gasteiger partial charge in [-0.25, -0.2) is 14.2 Å². The molecule has 0 aliphatic carbocycles. The fourth-order valence-corrected chi connectivity index (χ4v) is 5.36. The predicted molar refractivity (Wildman–Crippen MR) is 121 cm³/mol. The van der Waals surface area contributed by atoms with Gasteiger partial charge in [0.2, 0.25) is 0 Å². The Kier molecular flexibility index (Phi) is 5.41. The fourth-order valence-electron chi connectivity index (χ4n) is 3.68. The lowest BCUT2D eigenvalue weighted by Gasteiger charge is -2.23. The molecule has 0 unspecified atom stereocenters. The Labute approximate surface area is 186 Å². The topological polar surface area (TPSA) is 56.1 Å². The summed E-state index contributed by atoms with van der Waals surface area (Å²) in [6.45, 7) is 7.21. The Hall–Kier alpha value is -1.94. The first kappa shape index (κ1) is 20.3. The van der Waals surface area contributed by atoms with Crippen molar-refractivity contribution >= 4 is 50.6 Å². The van der Waals surface area contributed by atoms with E-state index in [0.717, 1.165) is 26.4 Å². The third kappa shape index (κ3) is 3.92. The highest BCUT2D eigenvalue weighted by Crippen LogP contribution is 2.46. The van der Waals surface area contributed by atoms with Gasteiger partial charge in [-0.2, -0.15) is 0 Å². The van der Waals surface area contributed by atoms with Gasteiger partial charge in [-0.1, -0.05) is 13.8 Å². The summed E-state index contributed by atoms with van der Waals surface area (Å²) in [6, 6.07) is 4.97. The average molecular weight is 525 g/mol. The van der Waals surface area contributed by atoms with E-state index in [1.807, 2.05) is 12.3 Å². The smallest absolute Gasteiger partial charge is 0.341 e. The quantitative estimate of drug-likeness (QED) is 0.343. The van der Waals surface area contributed by atoms with E-state index in [-0.39, 0.29) is 17.8 Å². The summed E-state index contributed by atoms with van der Waals surface area (Å²) in [4.78, 5) is 18.4. The van der Waals surface area contributed by atoms with Gasteiger partial charge in [-0.15, -0.1) is 11.3 Å². The number of thiophene rings is 1. The molecule has 0 atom stereocenters. The van der Waals surface area contributed by atoms with Gasteiger partial charge in [-0.05, 0) is 65.1 Å². The molecule has 0 radical (unpaired) electrons. The van der Waals surface area contributed by atoms with E-state index in [2.05, 4.69) is 51.3 Å². The molecule has 1 aliphatic heterocycles. The van der Waals surface area contributed by atoms with E-state index in [9.17, 15) is 9.18 Å². The van der Waals surface area contributed by atoms with Crippen molar-refractivity contribution in [2.75, 3.05) is 11.9 Å². The Morgan fingerprint density at radius 1 is 1.45 bits per heavy atom. The number of aromatic nitrogens is 2. The molecule has 2 aromatic heterocycles. The van der Waals surface area contributed by atoms with Crippen LogP contribution in [-0.4, -0.2) is 22.1 Å². The number of rotatable bonds is 4. The zero-order valence-corrected chi connectivity index (χ0v) is 19.4. The van der Waals surface area contributed by atoms with Crippen LogP contribution in [0, 0.1) is 14.8 Å². The van der Waals surface area contributed by atoms with Crippen LogP contribution in [0.1, 0.15) is 36.7 Å². The van der Waals surface area contributed by atoms with Crippen LogP contribution in [0.15, 0.2) is 30.6 Å². The zero-order chi connectivity index (χ0) is 20.8. The van der Waals surface area contributed by atoms with Gasteiger partial charge >= 0.3 is 5.97 Å². The average Bonchev–Trinajstić information content (AvgIpc) is 3.18. The molecule has 8 heteroatoms. The van der Waals surface area contributed by atoms with Gasteiger partial charge in [0.1, 0.15) is 16.6 Å². The molecule has 4 rings (SSSR count). The summed E-state index contributed by atoms with van der Waals surface area (Å²) in [5, 5.41) is 3.72. The van der Waals surface area contributed by atoms with Crippen molar-refractivity contribution in [3.63, 3.8) is 0 Å². The summed E-state index contributed by atoms with van der Waals surface area (Å²) in [5.41, 5.74) is 1.65. The molecule has 0 saturated heterocycles. The first-order valence-electron chi connectivity index (χ1n) is 9.35. The van der Waals surface area contributed by atoms with Crippen molar-refractivity contribution in [3.05, 3.63) is 51.1 Å². The third-order valence-corrected chi connectivity index (χ3v) is 6.65. The molecule has 1 N–H and O–H groups in total. The molecule has 1 aromatic carbocycles. The molecule has 0 saturated carbocycles. The number of esters is 1. The molecule has 0 spiro atoms. The number of anilines is 2. The Morgan fingerprint density at radius 2 is 2.24 bits per heavy atom. The molecule has 0 amide bonds. The number of ether oxygens (including phenoxy) is 1. The van der Waals surface area contributed by atoms with Crippen LogP contribution in [0.2, 0.25) is 0 Å². The number of nitrogens with zero attached hydrogens (tertiary/aromatic N) is 2. The van der Waals surface area contributed by atoms with Crippen LogP contribution in [0.25, 0.3) is 10.7 Å². The maximum absolute atomic E-state index is 14.5. The number of carbonyl (C=O) groups excluding carboxylic acids is 1. The van der Waals surface area contributed by atoms with E-state index >= 15 is 0 Å². The number of hydrogen-bond acceptors (Lipinski definition) is 5. The number of fused-ring (bicyclic) bond motifs is 3. The number of nitrogens with one attached hydrogen (secondary N) is 1. The van der Waals surface area contributed by atoms with E-state index in [1.165, 1.54) is 17.4 Å². The summed E-state index contributed by atoms with van der Waals surface area (Å²) < 4.78 is 22.8. The maximum atomic E-state index is 14.5. The molecular formula is C21H21FIN3O2S. The Bertz CT molecular complexity index is 1090. The SMILES string of the molecule is CCOC(=O)c1c(Nc2ccc(I)cc2F)sc2c1CC(C)(C)Cn1ccnc1-2. The van der Waals surface area contributed by atoms with Crippen LogP contribution in [0.3, 0.4) is 0 Å². The number of carbonyl (C=O) groups is 1. The van der Waals surface area contributed by atoms with Crippen molar-refractivity contribution in [1.82, 2.24) is 9.55 Å². The van der Waals surface area contributed by atoms with E-state index in [4.69, 9.17) is 4.74 Å². The van der Waals surface area contributed by atoms with Gasteiger partial charge in [0.05, 0.1) is 22.7 Å². The first-order valence-corrected chi connectivity index (χ1v) is 11.2. The Balaban J connectivity index is 1.89. The lowest BCUT2D eigenvalue weighted by Crippen LogP contribution is -2.21. The highest BCUT2D eigenvalue weighted by atomic mass is 127. The van der Waals surface area contributed by atoms with E-state index in [1.54, 1.807) is 19.2 Å². The minimum atomic E-state index is -0.394. The Morgan fingerprint density at radius 3 is 2.97 bits per heavy atom. The third-order valence-electron chi connectivity index (χ3n) is 4.84. The minimum absolute atomic E-state index is 0.0750. The van der Waals surface area contributed by atoms with Gasteiger partial charge < -0.3 is 14.6 Å². The summed E-state index contributed by atoms with van der Waals surface area (Å²) in [7, 11) is 0. The van der Waals surface area contributed by atoms with Crippen molar-refractivity contribution in [1.29, 1.82) is 0 Å². The molecular weight excluding hydrogens is 504 g/mol. The summed E-state index contributed by atoms with van der Waals surface area (Å²) in [6.07, 6.45) is 4.44.